The van der Waals surface area contributed by atoms with Crippen molar-refractivity contribution in [3.8, 4) is 5.75 Å². The van der Waals surface area contributed by atoms with E-state index in [1.165, 1.54) is 0 Å². The number of aryl methyl sites for hydroxylation is 1. The first-order chi connectivity index (χ1) is 10.5. The van der Waals surface area contributed by atoms with E-state index in [1.54, 1.807) is 13.8 Å². The maximum Gasteiger partial charge on any atom is 0.321 e. The molecule has 0 fully saturated rings. The van der Waals surface area contributed by atoms with E-state index in [2.05, 4.69) is 16.0 Å². The SMILES string of the molecule is CCCOc1cc(C)ccc1N[C@H](C)C(=O)NC(=O)NCC. The minimum atomic E-state index is -0.561. The van der Waals surface area contributed by atoms with Crippen LogP contribution in [0.4, 0.5) is 10.5 Å². The molecular formula is C16H25N3O3. The first-order valence-corrected chi connectivity index (χ1v) is 7.56. The molecule has 0 heterocycles. The van der Waals surface area contributed by atoms with Crippen LogP contribution in [-0.4, -0.2) is 31.1 Å². The van der Waals surface area contributed by atoms with E-state index in [1.807, 2.05) is 32.0 Å². The summed E-state index contributed by atoms with van der Waals surface area (Å²) in [6.45, 7) is 8.57. The smallest absolute Gasteiger partial charge is 0.321 e. The number of anilines is 1. The van der Waals surface area contributed by atoms with Crippen molar-refractivity contribution in [3.05, 3.63) is 23.8 Å². The molecule has 6 nitrogen and oxygen atoms in total. The van der Waals surface area contributed by atoms with E-state index in [0.717, 1.165) is 17.7 Å². The summed E-state index contributed by atoms with van der Waals surface area (Å²) in [7, 11) is 0. The van der Waals surface area contributed by atoms with Gasteiger partial charge in [0.05, 0.1) is 12.3 Å². The largest absolute Gasteiger partial charge is 0.491 e. The molecule has 6 heteroatoms. The van der Waals surface area contributed by atoms with E-state index in [-0.39, 0.29) is 0 Å². The number of rotatable bonds is 7. The lowest BCUT2D eigenvalue weighted by Crippen LogP contribution is -2.45. The molecule has 0 saturated carbocycles. The van der Waals surface area contributed by atoms with E-state index in [0.29, 0.717) is 18.9 Å². The predicted molar refractivity (Wildman–Crippen MR) is 87.3 cm³/mol. The van der Waals surface area contributed by atoms with Crippen LogP contribution in [0, 0.1) is 6.92 Å². The number of imide groups is 1. The fraction of sp³-hybridized carbons (Fsp3) is 0.500. The summed E-state index contributed by atoms with van der Waals surface area (Å²) in [5.74, 6) is 0.312. The van der Waals surface area contributed by atoms with Crippen molar-refractivity contribution in [1.29, 1.82) is 0 Å². The molecule has 1 rings (SSSR count). The van der Waals surface area contributed by atoms with Gasteiger partial charge in [-0.25, -0.2) is 4.79 Å². The Morgan fingerprint density at radius 3 is 2.64 bits per heavy atom. The molecule has 3 amide bonds. The van der Waals surface area contributed by atoms with Crippen LogP contribution < -0.4 is 20.7 Å². The molecule has 0 aliphatic carbocycles. The number of nitrogens with one attached hydrogen (secondary N) is 3. The average molecular weight is 307 g/mol. The molecule has 0 spiro atoms. The minimum absolute atomic E-state index is 0.395. The molecule has 0 aliphatic rings. The number of amides is 3. The van der Waals surface area contributed by atoms with Gasteiger partial charge >= 0.3 is 6.03 Å². The Labute approximate surface area is 131 Å². The number of hydrogen-bond acceptors (Lipinski definition) is 4. The normalized spacial score (nSPS) is 11.5. The Kier molecular flexibility index (Phi) is 7.22. The Morgan fingerprint density at radius 1 is 1.27 bits per heavy atom. The third kappa shape index (κ3) is 5.63. The van der Waals surface area contributed by atoms with Crippen LogP contribution in [-0.2, 0) is 4.79 Å². The zero-order chi connectivity index (χ0) is 16.5. The van der Waals surface area contributed by atoms with Crippen molar-refractivity contribution in [2.45, 2.75) is 40.2 Å². The monoisotopic (exact) mass is 307 g/mol. The summed E-state index contributed by atoms with van der Waals surface area (Å²) in [6.07, 6.45) is 0.903. The number of carbonyl (C=O) groups excluding carboxylic acids is 2. The fourth-order valence-electron chi connectivity index (χ4n) is 1.80. The van der Waals surface area contributed by atoms with Crippen LogP contribution in [0.5, 0.6) is 5.75 Å². The Bertz CT molecular complexity index is 517. The highest BCUT2D eigenvalue weighted by molar-refractivity contribution is 5.98. The molecule has 1 atom stereocenters. The molecule has 122 valence electrons. The van der Waals surface area contributed by atoms with Gasteiger partial charge in [0, 0.05) is 6.54 Å². The van der Waals surface area contributed by atoms with Gasteiger partial charge in [-0.1, -0.05) is 13.0 Å². The summed E-state index contributed by atoms with van der Waals surface area (Å²) in [5, 5.41) is 7.88. The molecule has 0 aromatic heterocycles. The summed E-state index contributed by atoms with van der Waals surface area (Å²) < 4.78 is 5.69. The number of ether oxygens (including phenoxy) is 1. The third-order valence-electron chi connectivity index (χ3n) is 2.94. The number of benzene rings is 1. The van der Waals surface area contributed by atoms with Gasteiger partial charge in [-0.2, -0.15) is 0 Å². The van der Waals surface area contributed by atoms with Gasteiger partial charge in [-0.15, -0.1) is 0 Å². The average Bonchev–Trinajstić information content (AvgIpc) is 2.47. The summed E-state index contributed by atoms with van der Waals surface area (Å²) in [4.78, 5) is 23.3. The van der Waals surface area contributed by atoms with Gasteiger partial charge in [0.2, 0.25) is 5.91 Å². The van der Waals surface area contributed by atoms with Crippen LogP contribution in [0.2, 0.25) is 0 Å². The summed E-state index contributed by atoms with van der Waals surface area (Å²) in [5.41, 5.74) is 1.81. The zero-order valence-corrected chi connectivity index (χ0v) is 13.7. The van der Waals surface area contributed by atoms with E-state index < -0.39 is 18.0 Å². The molecule has 0 saturated heterocycles. The highest BCUT2D eigenvalue weighted by Crippen LogP contribution is 2.26. The van der Waals surface area contributed by atoms with Gasteiger partial charge in [-0.3, -0.25) is 10.1 Å². The molecule has 0 unspecified atom stereocenters. The Morgan fingerprint density at radius 2 is 2.00 bits per heavy atom. The van der Waals surface area contributed by atoms with Gasteiger partial charge in [0.1, 0.15) is 11.8 Å². The van der Waals surface area contributed by atoms with Crippen molar-refractivity contribution in [3.63, 3.8) is 0 Å². The van der Waals surface area contributed by atoms with Crippen LogP contribution >= 0.6 is 0 Å². The maximum absolute atomic E-state index is 11.9. The van der Waals surface area contributed by atoms with Gasteiger partial charge in [0.15, 0.2) is 0 Å². The van der Waals surface area contributed by atoms with Crippen molar-refractivity contribution >= 4 is 17.6 Å². The van der Waals surface area contributed by atoms with E-state index in [4.69, 9.17) is 4.74 Å². The van der Waals surface area contributed by atoms with Crippen molar-refractivity contribution < 1.29 is 14.3 Å². The Hall–Kier alpha value is -2.24. The van der Waals surface area contributed by atoms with Crippen LogP contribution in [0.3, 0.4) is 0 Å². The topological polar surface area (TPSA) is 79.5 Å². The summed E-state index contributed by atoms with van der Waals surface area (Å²) in [6, 6.07) is 4.68. The van der Waals surface area contributed by atoms with Crippen LogP contribution in [0.15, 0.2) is 18.2 Å². The van der Waals surface area contributed by atoms with E-state index >= 15 is 0 Å². The van der Waals surface area contributed by atoms with Gasteiger partial charge < -0.3 is 15.4 Å². The lowest BCUT2D eigenvalue weighted by molar-refractivity contribution is -0.120. The molecule has 22 heavy (non-hydrogen) atoms. The van der Waals surface area contributed by atoms with Crippen LogP contribution in [0.25, 0.3) is 0 Å². The quantitative estimate of drug-likeness (QED) is 0.723. The van der Waals surface area contributed by atoms with Gasteiger partial charge in [-0.05, 0) is 44.9 Å². The second-order valence-electron chi connectivity index (χ2n) is 5.06. The molecule has 1 aromatic rings. The van der Waals surface area contributed by atoms with Crippen molar-refractivity contribution in [2.75, 3.05) is 18.5 Å². The standard InChI is InChI=1S/C16H25N3O3/c1-5-9-22-14-10-11(3)7-8-13(14)18-12(4)15(20)19-16(21)17-6-2/h7-8,10,12,18H,5-6,9H2,1-4H3,(H2,17,19,20,21)/t12-/m1/s1. The first-order valence-electron chi connectivity index (χ1n) is 7.56. The van der Waals surface area contributed by atoms with Gasteiger partial charge in [0.25, 0.3) is 0 Å². The minimum Gasteiger partial charge on any atom is -0.491 e. The number of urea groups is 1. The fourth-order valence-corrected chi connectivity index (χ4v) is 1.80. The molecular weight excluding hydrogens is 282 g/mol. The lowest BCUT2D eigenvalue weighted by atomic mass is 10.2. The van der Waals surface area contributed by atoms with Crippen molar-refractivity contribution in [2.24, 2.45) is 0 Å². The van der Waals surface area contributed by atoms with E-state index in [9.17, 15) is 9.59 Å². The number of hydrogen-bond donors (Lipinski definition) is 3. The molecule has 1 aromatic carbocycles. The molecule has 3 N–H and O–H groups in total. The maximum atomic E-state index is 11.9. The number of carbonyl (C=O) groups is 2. The Balaban J connectivity index is 2.72. The predicted octanol–water partition coefficient (Wildman–Crippen LogP) is 2.43. The van der Waals surface area contributed by atoms with Crippen molar-refractivity contribution in [1.82, 2.24) is 10.6 Å². The highest BCUT2D eigenvalue weighted by Gasteiger charge is 2.17. The highest BCUT2D eigenvalue weighted by atomic mass is 16.5. The summed E-state index contributed by atoms with van der Waals surface area (Å²) >= 11 is 0. The lowest BCUT2D eigenvalue weighted by Gasteiger charge is -2.18. The first kappa shape index (κ1) is 17.8. The van der Waals surface area contributed by atoms with Crippen LogP contribution in [0.1, 0.15) is 32.8 Å². The zero-order valence-electron chi connectivity index (χ0n) is 13.7. The third-order valence-corrected chi connectivity index (χ3v) is 2.94. The molecule has 0 aliphatic heterocycles. The second-order valence-corrected chi connectivity index (χ2v) is 5.06. The molecule has 0 bridgehead atoms. The second kappa shape index (κ2) is 8.92. The molecule has 0 radical (unpaired) electrons.